The van der Waals surface area contributed by atoms with E-state index in [-0.39, 0.29) is 12.0 Å². The molecule has 6 heteroatoms. The Bertz CT molecular complexity index is 1230. The Balaban J connectivity index is 0.000000201. The van der Waals surface area contributed by atoms with Crippen LogP contribution < -0.4 is 10.6 Å². The Hall–Kier alpha value is -3.81. The van der Waals surface area contributed by atoms with E-state index in [0.717, 1.165) is 52.4 Å². The predicted octanol–water partition coefficient (Wildman–Crippen LogP) is 5.11. The van der Waals surface area contributed by atoms with Crippen molar-refractivity contribution in [2.24, 2.45) is 0 Å². The van der Waals surface area contributed by atoms with Gasteiger partial charge in [0, 0.05) is 58.9 Å². The zero-order valence-electron chi connectivity index (χ0n) is 24.7. The van der Waals surface area contributed by atoms with Gasteiger partial charge in [0.15, 0.2) is 0 Å². The first-order chi connectivity index (χ1) is 20.7. The molecular formula is C36H44N4O2. The van der Waals surface area contributed by atoms with Crippen LogP contribution in [0.5, 0.6) is 0 Å². The zero-order valence-corrected chi connectivity index (χ0v) is 24.7. The molecule has 0 amide bonds. The van der Waals surface area contributed by atoms with E-state index in [4.69, 9.17) is 4.74 Å². The van der Waals surface area contributed by atoms with Gasteiger partial charge in [-0.25, -0.2) is 0 Å². The fourth-order valence-electron chi connectivity index (χ4n) is 5.06. The van der Waals surface area contributed by atoms with Gasteiger partial charge in [-0.15, -0.1) is 0 Å². The molecule has 1 unspecified atom stereocenters. The van der Waals surface area contributed by atoms with Crippen LogP contribution >= 0.6 is 0 Å². The van der Waals surface area contributed by atoms with E-state index in [1.165, 1.54) is 29.4 Å². The van der Waals surface area contributed by atoms with Crippen LogP contribution in [0.4, 0.5) is 0 Å². The van der Waals surface area contributed by atoms with Crippen LogP contribution in [0.1, 0.15) is 22.3 Å². The number of carbonyl (C=O) groups excluding carboxylic acids is 1. The molecule has 2 N–H and O–H groups in total. The number of ether oxygens (including phenoxy) is 1. The second-order valence-electron chi connectivity index (χ2n) is 10.5. The summed E-state index contributed by atoms with van der Waals surface area (Å²) in [6.45, 7) is 8.02. The average Bonchev–Trinajstić information content (AvgIpc) is 3.05. The third-order valence-corrected chi connectivity index (χ3v) is 7.35. The molecule has 0 saturated carbocycles. The molecule has 6 nitrogen and oxygen atoms in total. The first kappa shape index (κ1) is 31.1. The van der Waals surface area contributed by atoms with Gasteiger partial charge in [-0.3, -0.25) is 14.6 Å². The van der Waals surface area contributed by atoms with Gasteiger partial charge in [-0.1, -0.05) is 121 Å². The van der Waals surface area contributed by atoms with Crippen molar-refractivity contribution >= 4 is 5.97 Å². The minimum absolute atomic E-state index is 0.149. The molecule has 0 aromatic heterocycles. The molecule has 1 atom stereocenters. The van der Waals surface area contributed by atoms with E-state index in [1.54, 1.807) is 0 Å². The highest BCUT2D eigenvalue weighted by atomic mass is 16.5. The maximum atomic E-state index is 12.3. The van der Waals surface area contributed by atoms with Crippen LogP contribution in [0.3, 0.4) is 0 Å². The summed E-state index contributed by atoms with van der Waals surface area (Å²) in [6.07, 6.45) is 0. The minimum Gasteiger partial charge on any atom is -0.468 e. The van der Waals surface area contributed by atoms with Crippen molar-refractivity contribution in [2.75, 3.05) is 39.8 Å². The average molecular weight is 565 g/mol. The molecular weight excluding hydrogens is 520 g/mol. The maximum Gasteiger partial charge on any atom is 0.324 e. The molecule has 1 fully saturated rings. The van der Waals surface area contributed by atoms with Crippen molar-refractivity contribution in [3.8, 4) is 0 Å². The predicted molar refractivity (Wildman–Crippen MR) is 171 cm³/mol. The van der Waals surface area contributed by atoms with Crippen molar-refractivity contribution in [3.63, 3.8) is 0 Å². The van der Waals surface area contributed by atoms with Crippen LogP contribution in [0.25, 0.3) is 0 Å². The number of hydrogen-bond donors (Lipinski definition) is 2. The lowest BCUT2D eigenvalue weighted by Crippen LogP contribution is -2.55. The van der Waals surface area contributed by atoms with E-state index in [9.17, 15) is 4.79 Å². The molecule has 1 saturated heterocycles. The summed E-state index contributed by atoms with van der Waals surface area (Å²) < 4.78 is 5.05. The highest BCUT2D eigenvalue weighted by molar-refractivity contribution is 5.76. The van der Waals surface area contributed by atoms with Gasteiger partial charge in [0.05, 0.1) is 7.11 Å². The molecule has 4 aromatic rings. The number of benzene rings is 4. The molecule has 0 spiro atoms. The van der Waals surface area contributed by atoms with Gasteiger partial charge >= 0.3 is 5.97 Å². The third kappa shape index (κ3) is 10.9. The van der Waals surface area contributed by atoms with Crippen molar-refractivity contribution in [1.82, 2.24) is 20.4 Å². The SMILES string of the molecule is COC(=O)C1CN(Cc2ccccc2)CCN1Cc1ccccc1.c1ccc(CNCCNCc2ccccc2)cc1. The summed E-state index contributed by atoms with van der Waals surface area (Å²) in [5.41, 5.74) is 5.17. The zero-order chi connectivity index (χ0) is 29.2. The van der Waals surface area contributed by atoms with Crippen LogP contribution in [0.2, 0.25) is 0 Å². The van der Waals surface area contributed by atoms with Crippen LogP contribution in [0.15, 0.2) is 121 Å². The second-order valence-corrected chi connectivity index (χ2v) is 10.5. The van der Waals surface area contributed by atoms with E-state index in [0.29, 0.717) is 6.54 Å². The van der Waals surface area contributed by atoms with Crippen LogP contribution in [-0.2, 0) is 35.7 Å². The molecule has 1 aliphatic heterocycles. The van der Waals surface area contributed by atoms with Crippen LogP contribution in [0, 0.1) is 0 Å². The normalized spacial score (nSPS) is 15.4. The summed E-state index contributed by atoms with van der Waals surface area (Å²) in [7, 11) is 1.47. The van der Waals surface area contributed by atoms with Crippen molar-refractivity contribution in [3.05, 3.63) is 144 Å². The quantitative estimate of drug-likeness (QED) is 0.184. The Morgan fingerprint density at radius 3 is 1.52 bits per heavy atom. The van der Waals surface area contributed by atoms with E-state index < -0.39 is 0 Å². The molecule has 0 aliphatic carbocycles. The number of carbonyl (C=O) groups is 1. The number of methoxy groups -OCH3 is 1. The van der Waals surface area contributed by atoms with Crippen molar-refractivity contribution < 1.29 is 9.53 Å². The number of piperazine rings is 1. The summed E-state index contributed by atoms with van der Waals surface area (Å²) in [5, 5.41) is 6.85. The Labute approximate surface area is 251 Å². The molecule has 1 aliphatic rings. The molecule has 42 heavy (non-hydrogen) atoms. The Morgan fingerprint density at radius 2 is 1.07 bits per heavy atom. The molecule has 0 bridgehead atoms. The lowest BCUT2D eigenvalue weighted by molar-refractivity contribution is -0.150. The number of esters is 1. The first-order valence-electron chi connectivity index (χ1n) is 14.8. The summed E-state index contributed by atoms with van der Waals surface area (Å²) in [5.74, 6) is -0.149. The molecule has 0 radical (unpaired) electrons. The number of rotatable bonds is 12. The summed E-state index contributed by atoms with van der Waals surface area (Å²) in [6, 6.07) is 41.4. The summed E-state index contributed by atoms with van der Waals surface area (Å²) in [4.78, 5) is 16.8. The van der Waals surface area contributed by atoms with Gasteiger partial charge in [-0.2, -0.15) is 0 Å². The highest BCUT2D eigenvalue weighted by Gasteiger charge is 2.33. The number of nitrogens with one attached hydrogen (secondary N) is 2. The van der Waals surface area contributed by atoms with Gasteiger partial charge in [0.2, 0.25) is 0 Å². The van der Waals surface area contributed by atoms with Crippen molar-refractivity contribution in [2.45, 2.75) is 32.2 Å². The van der Waals surface area contributed by atoms with E-state index in [2.05, 4.69) is 105 Å². The summed E-state index contributed by atoms with van der Waals surface area (Å²) >= 11 is 0. The van der Waals surface area contributed by atoms with Crippen LogP contribution in [-0.4, -0.2) is 61.6 Å². The maximum absolute atomic E-state index is 12.3. The van der Waals surface area contributed by atoms with E-state index >= 15 is 0 Å². The molecule has 220 valence electrons. The van der Waals surface area contributed by atoms with Gasteiger partial charge in [-0.05, 0) is 22.3 Å². The lowest BCUT2D eigenvalue weighted by Gasteiger charge is -2.40. The number of nitrogens with zero attached hydrogens (tertiary/aromatic N) is 2. The van der Waals surface area contributed by atoms with Gasteiger partial charge < -0.3 is 15.4 Å². The molecule has 4 aromatic carbocycles. The van der Waals surface area contributed by atoms with Crippen molar-refractivity contribution in [1.29, 1.82) is 0 Å². The topological polar surface area (TPSA) is 56.8 Å². The molecule has 5 rings (SSSR count). The Morgan fingerprint density at radius 1 is 0.643 bits per heavy atom. The monoisotopic (exact) mass is 564 g/mol. The smallest absolute Gasteiger partial charge is 0.324 e. The minimum atomic E-state index is -0.215. The van der Waals surface area contributed by atoms with Gasteiger partial charge in [0.1, 0.15) is 6.04 Å². The fraction of sp³-hybridized carbons (Fsp3) is 0.306. The first-order valence-corrected chi connectivity index (χ1v) is 14.8. The lowest BCUT2D eigenvalue weighted by atomic mass is 10.1. The second kappa shape index (κ2) is 17.9. The largest absolute Gasteiger partial charge is 0.468 e. The molecule has 1 heterocycles. The van der Waals surface area contributed by atoms with E-state index in [1.807, 2.05) is 36.4 Å². The van der Waals surface area contributed by atoms with Gasteiger partial charge in [0.25, 0.3) is 0 Å². The standard InChI is InChI=1S/C20H24N2O2.C16H20N2/c1-24-20(23)19-16-21(14-17-8-4-2-5-9-17)12-13-22(19)15-18-10-6-3-7-11-18;1-3-7-15(8-4-1)13-17-11-12-18-14-16-9-5-2-6-10-16/h2-11,19H,12-16H2,1H3;1-10,17-18H,11-14H2. The number of hydrogen-bond acceptors (Lipinski definition) is 6. The third-order valence-electron chi connectivity index (χ3n) is 7.35. The Kier molecular flexibility index (Phi) is 13.3. The highest BCUT2D eigenvalue weighted by Crippen LogP contribution is 2.17. The fourth-order valence-corrected chi connectivity index (χ4v) is 5.06.